The van der Waals surface area contributed by atoms with Gasteiger partial charge in [-0.2, -0.15) is 8.75 Å². The highest BCUT2D eigenvalue weighted by atomic mass is 32.1. The number of nitrogens with one attached hydrogen (secondary N) is 2. The van der Waals surface area contributed by atoms with Crippen LogP contribution in [-0.4, -0.2) is 49.3 Å². The number of benzene rings is 1. The molecule has 1 unspecified atom stereocenters. The zero-order valence-corrected chi connectivity index (χ0v) is 19.9. The van der Waals surface area contributed by atoms with Crippen molar-refractivity contribution in [2.24, 2.45) is 5.41 Å². The van der Waals surface area contributed by atoms with Crippen molar-refractivity contribution in [3.8, 4) is 5.75 Å². The summed E-state index contributed by atoms with van der Waals surface area (Å²) in [4.78, 5) is 24.5. The second-order valence-electron chi connectivity index (χ2n) is 8.73. The van der Waals surface area contributed by atoms with Gasteiger partial charge in [-0.3, -0.25) is 9.59 Å². The first kappa shape index (κ1) is 24.1. The Morgan fingerprint density at radius 2 is 1.88 bits per heavy atom. The molecule has 3 aromatic rings. The number of phenols is 1. The molecule has 0 fully saturated rings. The Balaban J connectivity index is 1.86. The molecule has 0 aliphatic carbocycles. The molecule has 0 saturated heterocycles. The lowest BCUT2D eigenvalue weighted by atomic mass is 9.85. The molecule has 0 radical (unpaired) electrons. The number of furan rings is 1. The molecule has 176 valence electrons. The Bertz CT molecular complexity index is 1150. The van der Waals surface area contributed by atoms with Crippen molar-refractivity contribution in [3.63, 3.8) is 0 Å². The zero-order valence-electron chi connectivity index (χ0n) is 19.0. The summed E-state index contributed by atoms with van der Waals surface area (Å²) in [7, 11) is 1.35. The van der Waals surface area contributed by atoms with Crippen molar-refractivity contribution in [3.05, 3.63) is 47.4 Å². The number of hydrogen-bond acceptors (Lipinski definition) is 9. The van der Waals surface area contributed by atoms with E-state index in [2.05, 4.69) is 40.2 Å². The molecule has 1 atom stereocenters. The highest BCUT2D eigenvalue weighted by Gasteiger charge is 2.31. The summed E-state index contributed by atoms with van der Waals surface area (Å²) in [6, 6.07) is 8.20. The standard InChI is InChI=1S/C22H27N5O5S/c1-12-9-10-15(32-12)18(22(2,3)4)24-20-19(25-33-26-20)23-14-8-6-7-13(17(14)30)21(31)27(5)11-16(28)29/h6-10,18,30H,11H2,1-5H3,(H,23,25)(H,24,26)(H,28,29). The average Bonchev–Trinajstić information content (AvgIpc) is 3.34. The number of rotatable bonds is 8. The Morgan fingerprint density at radius 1 is 1.18 bits per heavy atom. The van der Waals surface area contributed by atoms with Crippen LogP contribution < -0.4 is 10.6 Å². The fourth-order valence-electron chi connectivity index (χ4n) is 3.25. The minimum Gasteiger partial charge on any atom is -0.505 e. The lowest BCUT2D eigenvalue weighted by Gasteiger charge is -2.30. The molecule has 1 amide bonds. The van der Waals surface area contributed by atoms with Crippen LogP contribution in [0, 0.1) is 12.3 Å². The fourth-order valence-corrected chi connectivity index (χ4v) is 3.73. The summed E-state index contributed by atoms with van der Waals surface area (Å²) in [5, 5.41) is 26.0. The molecule has 3 rings (SSSR count). The van der Waals surface area contributed by atoms with Gasteiger partial charge in [0.05, 0.1) is 29.0 Å². The number of aromatic nitrogens is 2. The SMILES string of the molecule is Cc1ccc(C(Nc2nsnc2Nc2cccc(C(=O)N(C)CC(=O)O)c2O)C(C)(C)C)o1. The van der Waals surface area contributed by atoms with Crippen molar-refractivity contribution in [1.29, 1.82) is 0 Å². The van der Waals surface area contributed by atoms with Gasteiger partial charge in [0, 0.05) is 7.05 Å². The molecule has 1 aromatic carbocycles. The summed E-state index contributed by atoms with van der Waals surface area (Å²) in [6.45, 7) is 7.61. The van der Waals surface area contributed by atoms with E-state index in [1.807, 2.05) is 19.1 Å². The molecule has 0 aliphatic heterocycles. The van der Waals surface area contributed by atoms with Crippen LogP contribution in [0.3, 0.4) is 0 Å². The van der Waals surface area contributed by atoms with Gasteiger partial charge >= 0.3 is 5.97 Å². The maximum atomic E-state index is 12.6. The van der Waals surface area contributed by atoms with Crippen LogP contribution in [0.2, 0.25) is 0 Å². The quantitative estimate of drug-likeness (QED) is 0.353. The van der Waals surface area contributed by atoms with Crippen LogP contribution in [0.5, 0.6) is 5.75 Å². The number of carboxylic acids is 1. The molecule has 10 nitrogen and oxygen atoms in total. The first-order valence-electron chi connectivity index (χ1n) is 10.2. The number of aromatic hydroxyl groups is 1. The van der Waals surface area contributed by atoms with Crippen molar-refractivity contribution in [1.82, 2.24) is 13.6 Å². The molecular formula is C22H27N5O5S. The molecule has 0 aliphatic rings. The second kappa shape index (κ2) is 9.49. The minimum atomic E-state index is -1.15. The normalized spacial score (nSPS) is 12.3. The number of aliphatic carboxylic acids is 1. The summed E-state index contributed by atoms with van der Waals surface area (Å²) >= 11 is 0.989. The van der Waals surface area contributed by atoms with Gasteiger partial charge in [-0.25, -0.2) is 0 Å². The smallest absolute Gasteiger partial charge is 0.323 e. The van der Waals surface area contributed by atoms with Crippen molar-refractivity contribution >= 4 is 40.9 Å². The van der Waals surface area contributed by atoms with Gasteiger partial charge < -0.3 is 30.2 Å². The van der Waals surface area contributed by atoms with E-state index in [1.54, 1.807) is 12.1 Å². The minimum absolute atomic E-state index is 0.0277. The predicted molar refractivity (Wildman–Crippen MR) is 125 cm³/mol. The van der Waals surface area contributed by atoms with E-state index in [0.29, 0.717) is 11.6 Å². The molecule has 2 heterocycles. The third-order valence-electron chi connectivity index (χ3n) is 4.92. The van der Waals surface area contributed by atoms with Crippen LogP contribution in [0.4, 0.5) is 17.3 Å². The maximum Gasteiger partial charge on any atom is 0.323 e. The van der Waals surface area contributed by atoms with E-state index in [4.69, 9.17) is 9.52 Å². The largest absolute Gasteiger partial charge is 0.505 e. The number of carboxylic acid groups (broad SMARTS) is 1. The molecule has 2 aromatic heterocycles. The van der Waals surface area contributed by atoms with Crippen LogP contribution in [-0.2, 0) is 4.79 Å². The third kappa shape index (κ3) is 5.61. The van der Waals surface area contributed by atoms with Crippen molar-refractivity contribution in [2.45, 2.75) is 33.7 Å². The molecule has 0 bridgehead atoms. The fraction of sp³-hybridized carbons (Fsp3) is 0.364. The number of hydrogen-bond donors (Lipinski definition) is 4. The molecular weight excluding hydrogens is 446 g/mol. The number of carbonyl (C=O) groups is 2. The zero-order chi connectivity index (χ0) is 24.3. The van der Waals surface area contributed by atoms with Crippen LogP contribution >= 0.6 is 11.7 Å². The molecule has 0 spiro atoms. The first-order valence-corrected chi connectivity index (χ1v) is 10.9. The van der Waals surface area contributed by atoms with Crippen molar-refractivity contribution in [2.75, 3.05) is 24.2 Å². The summed E-state index contributed by atoms with van der Waals surface area (Å²) in [5.41, 5.74) is -0.00414. The number of para-hydroxylation sites is 1. The molecule has 4 N–H and O–H groups in total. The third-order valence-corrected chi connectivity index (χ3v) is 5.45. The monoisotopic (exact) mass is 473 g/mol. The van der Waals surface area contributed by atoms with E-state index in [9.17, 15) is 14.7 Å². The van der Waals surface area contributed by atoms with E-state index < -0.39 is 18.4 Å². The number of phenolic OH excluding ortho intramolecular Hbond substituents is 1. The van der Waals surface area contributed by atoms with Gasteiger partial charge in [-0.05, 0) is 36.6 Å². The Hall–Kier alpha value is -3.60. The second-order valence-corrected chi connectivity index (χ2v) is 9.26. The van der Waals surface area contributed by atoms with Gasteiger partial charge in [0.15, 0.2) is 17.4 Å². The number of carbonyl (C=O) groups excluding carboxylic acids is 1. The average molecular weight is 474 g/mol. The Labute approximate surface area is 195 Å². The van der Waals surface area contributed by atoms with E-state index in [-0.39, 0.29) is 28.5 Å². The molecule has 11 heteroatoms. The van der Waals surface area contributed by atoms with Gasteiger partial charge in [-0.15, -0.1) is 0 Å². The van der Waals surface area contributed by atoms with Crippen LogP contribution in [0.1, 0.15) is 48.7 Å². The van der Waals surface area contributed by atoms with Gasteiger partial charge in [0.25, 0.3) is 5.91 Å². The summed E-state index contributed by atoms with van der Waals surface area (Å²) in [5.74, 6) is 0.321. The molecule has 0 saturated carbocycles. The topological polar surface area (TPSA) is 141 Å². The predicted octanol–water partition coefficient (Wildman–Crippen LogP) is 4.24. The maximum absolute atomic E-state index is 12.6. The lowest BCUT2D eigenvalue weighted by Crippen LogP contribution is -2.32. The van der Waals surface area contributed by atoms with E-state index in [0.717, 1.165) is 28.1 Å². The number of nitrogens with zero attached hydrogens (tertiary/aromatic N) is 3. The van der Waals surface area contributed by atoms with Gasteiger partial charge in [-0.1, -0.05) is 26.8 Å². The van der Waals surface area contributed by atoms with E-state index in [1.165, 1.54) is 13.1 Å². The number of likely N-dealkylation sites (N-methyl/N-ethyl adjacent to an activating group) is 1. The van der Waals surface area contributed by atoms with Gasteiger partial charge in [0.2, 0.25) is 0 Å². The van der Waals surface area contributed by atoms with E-state index >= 15 is 0 Å². The number of amides is 1. The van der Waals surface area contributed by atoms with Crippen LogP contribution in [0.25, 0.3) is 0 Å². The Morgan fingerprint density at radius 3 is 2.48 bits per heavy atom. The number of anilines is 3. The summed E-state index contributed by atoms with van der Waals surface area (Å²) < 4.78 is 14.5. The van der Waals surface area contributed by atoms with Crippen LogP contribution in [0.15, 0.2) is 34.7 Å². The highest BCUT2D eigenvalue weighted by molar-refractivity contribution is 6.99. The first-order chi connectivity index (χ1) is 15.5. The number of aryl methyl sites for hydroxylation is 1. The van der Waals surface area contributed by atoms with Crippen molar-refractivity contribution < 1.29 is 24.2 Å². The van der Waals surface area contributed by atoms with Gasteiger partial charge in [0.1, 0.15) is 18.1 Å². The highest BCUT2D eigenvalue weighted by Crippen LogP contribution is 2.39. The Kier molecular flexibility index (Phi) is 6.92. The summed E-state index contributed by atoms with van der Waals surface area (Å²) in [6.07, 6.45) is 0. The lowest BCUT2D eigenvalue weighted by molar-refractivity contribution is -0.137. The molecule has 33 heavy (non-hydrogen) atoms.